The van der Waals surface area contributed by atoms with E-state index in [1.807, 2.05) is 36.4 Å². The molecule has 0 aliphatic carbocycles. The third-order valence-electron chi connectivity index (χ3n) is 13.4. The van der Waals surface area contributed by atoms with E-state index in [1.165, 1.54) is 43.6 Å². The molecule has 0 radical (unpaired) electrons. The minimum Gasteiger partial charge on any atom is -0.416 e. The molecule has 4 aromatic heterocycles. The molecule has 0 amide bonds. The summed E-state index contributed by atoms with van der Waals surface area (Å²) in [6.45, 7) is 0. The lowest BCUT2D eigenvalue weighted by Crippen LogP contribution is -1.93. The molecule has 4 heterocycles. The van der Waals surface area contributed by atoms with Crippen molar-refractivity contribution in [3.8, 4) is 57.2 Å². The van der Waals surface area contributed by atoms with Crippen LogP contribution in [0.3, 0.4) is 0 Å². The van der Waals surface area contributed by atoms with Gasteiger partial charge in [0.25, 0.3) is 0 Å². The van der Waals surface area contributed by atoms with Gasteiger partial charge in [0.2, 0.25) is 23.6 Å². The van der Waals surface area contributed by atoms with Crippen LogP contribution in [-0.4, -0.2) is 29.5 Å². The first kappa shape index (κ1) is 39.5. The van der Waals surface area contributed by atoms with Crippen LogP contribution in [0, 0.1) is 0 Å². The Bertz CT molecular complexity index is 3980. The molecule has 0 unspecified atom stereocenters. The Hall–Kier alpha value is -9.66. The van der Waals surface area contributed by atoms with E-state index in [1.54, 1.807) is 0 Å². The van der Waals surface area contributed by atoms with Crippen molar-refractivity contribution in [3.63, 3.8) is 0 Å². The summed E-state index contributed by atoms with van der Waals surface area (Å²) < 4.78 is 17.1. The fraction of sp³-hybridized carbons (Fsp3) is 0. The number of benzene rings is 10. The second-order valence-corrected chi connectivity index (χ2v) is 17.6. The molecule has 0 fully saturated rings. The summed E-state index contributed by atoms with van der Waals surface area (Å²) in [7, 11) is 0. The molecular formula is C62H38N6O2. The van der Waals surface area contributed by atoms with Gasteiger partial charge in [-0.1, -0.05) is 121 Å². The number of hydrogen-bond acceptors (Lipinski definition) is 6. The van der Waals surface area contributed by atoms with Crippen molar-refractivity contribution in [1.29, 1.82) is 0 Å². The van der Waals surface area contributed by atoms with Gasteiger partial charge in [0.15, 0.2) is 0 Å². The monoisotopic (exact) mass is 898 g/mol. The normalized spacial score (nSPS) is 11.9. The molecule has 0 atom stereocenters. The molecule has 14 rings (SSSR count). The minimum atomic E-state index is 0.481. The first-order chi connectivity index (χ1) is 34.6. The molecule has 10 aromatic carbocycles. The third kappa shape index (κ3) is 6.69. The molecule has 14 aromatic rings. The molecule has 8 nitrogen and oxygen atoms in total. The highest BCUT2D eigenvalue weighted by molar-refractivity contribution is 6.10. The van der Waals surface area contributed by atoms with Crippen LogP contribution in [0.4, 0.5) is 0 Å². The Morgan fingerprint density at radius 3 is 0.957 bits per heavy atom. The van der Waals surface area contributed by atoms with Gasteiger partial charge in [-0.25, -0.2) is 0 Å². The van der Waals surface area contributed by atoms with Gasteiger partial charge in [-0.15, -0.1) is 20.4 Å². The Balaban J connectivity index is 0.656. The van der Waals surface area contributed by atoms with Crippen LogP contribution in [-0.2, 0) is 0 Å². The van der Waals surface area contributed by atoms with Gasteiger partial charge in [-0.2, -0.15) is 0 Å². The third-order valence-corrected chi connectivity index (χ3v) is 13.4. The number of aromatic nitrogens is 6. The molecule has 0 saturated carbocycles. The van der Waals surface area contributed by atoms with Crippen molar-refractivity contribution in [1.82, 2.24) is 29.5 Å². The zero-order valence-corrected chi connectivity index (χ0v) is 37.4. The number of para-hydroxylation sites is 4. The van der Waals surface area contributed by atoms with Crippen LogP contribution in [0.1, 0.15) is 11.1 Å². The molecule has 70 heavy (non-hydrogen) atoms. The van der Waals surface area contributed by atoms with Crippen molar-refractivity contribution in [2.24, 2.45) is 0 Å². The fourth-order valence-corrected chi connectivity index (χ4v) is 10.0. The van der Waals surface area contributed by atoms with Crippen molar-refractivity contribution >= 4 is 77.3 Å². The Kier molecular flexibility index (Phi) is 9.03. The van der Waals surface area contributed by atoms with Crippen molar-refractivity contribution in [3.05, 3.63) is 230 Å². The molecule has 8 heteroatoms. The largest absolute Gasteiger partial charge is 0.416 e. The van der Waals surface area contributed by atoms with E-state index in [0.717, 1.165) is 66.3 Å². The summed E-state index contributed by atoms with van der Waals surface area (Å²) >= 11 is 0. The van der Waals surface area contributed by atoms with Gasteiger partial charge in [0.05, 0.1) is 22.1 Å². The Morgan fingerprint density at radius 1 is 0.286 bits per heavy atom. The van der Waals surface area contributed by atoms with E-state index < -0.39 is 0 Å². The Morgan fingerprint density at radius 2 is 0.586 bits per heavy atom. The first-order valence-electron chi connectivity index (χ1n) is 23.3. The lowest BCUT2D eigenvalue weighted by Gasteiger charge is -2.08. The van der Waals surface area contributed by atoms with Gasteiger partial charge >= 0.3 is 0 Å². The highest BCUT2D eigenvalue weighted by atomic mass is 16.4. The van der Waals surface area contributed by atoms with Crippen LogP contribution < -0.4 is 0 Å². The second kappa shape index (κ2) is 16.0. The predicted octanol–water partition coefficient (Wildman–Crippen LogP) is 15.8. The van der Waals surface area contributed by atoms with Gasteiger partial charge < -0.3 is 18.0 Å². The fourth-order valence-electron chi connectivity index (χ4n) is 10.0. The summed E-state index contributed by atoms with van der Waals surface area (Å²) in [5.41, 5.74) is 12.5. The lowest BCUT2D eigenvalue weighted by atomic mass is 10.0. The van der Waals surface area contributed by atoms with Crippen molar-refractivity contribution in [2.75, 3.05) is 0 Å². The van der Waals surface area contributed by atoms with E-state index in [-0.39, 0.29) is 0 Å². The average molecular weight is 899 g/mol. The zero-order chi connectivity index (χ0) is 46.1. The number of rotatable bonds is 8. The van der Waals surface area contributed by atoms with E-state index in [9.17, 15) is 0 Å². The van der Waals surface area contributed by atoms with Gasteiger partial charge in [0, 0.05) is 55.2 Å². The van der Waals surface area contributed by atoms with E-state index >= 15 is 0 Å². The summed E-state index contributed by atoms with van der Waals surface area (Å²) in [4.78, 5) is 0. The van der Waals surface area contributed by atoms with Crippen LogP contribution in [0.25, 0.3) is 135 Å². The number of fused-ring (bicyclic) bond motifs is 8. The highest BCUT2D eigenvalue weighted by Crippen LogP contribution is 2.36. The summed E-state index contributed by atoms with van der Waals surface area (Å²) in [5, 5.41) is 27.1. The van der Waals surface area contributed by atoms with Gasteiger partial charge in [0.1, 0.15) is 0 Å². The summed E-state index contributed by atoms with van der Waals surface area (Å²) in [5.74, 6) is 1.93. The van der Waals surface area contributed by atoms with E-state index in [4.69, 9.17) is 8.83 Å². The van der Waals surface area contributed by atoms with Crippen LogP contribution in [0.5, 0.6) is 0 Å². The molecule has 0 saturated heterocycles. The molecule has 0 aliphatic rings. The molecular weight excluding hydrogens is 861 g/mol. The average Bonchev–Trinajstić information content (AvgIpc) is 4.25. The second-order valence-electron chi connectivity index (χ2n) is 17.6. The van der Waals surface area contributed by atoms with Crippen molar-refractivity contribution < 1.29 is 8.83 Å². The smallest absolute Gasteiger partial charge is 0.248 e. The van der Waals surface area contributed by atoms with Crippen LogP contribution in [0.15, 0.2) is 227 Å². The van der Waals surface area contributed by atoms with Crippen molar-refractivity contribution in [2.45, 2.75) is 0 Å². The maximum Gasteiger partial charge on any atom is 0.248 e. The van der Waals surface area contributed by atoms with E-state index in [0.29, 0.717) is 23.6 Å². The van der Waals surface area contributed by atoms with E-state index in [2.05, 4.69) is 224 Å². The predicted molar refractivity (Wildman–Crippen MR) is 283 cm³/mol. The lowest BCUT2D eigenvalue weighted by molar-refractivity contribution is 0.584. The van der Waals surface area contributed by atoms with Gasteiger partial charge in [-0.3, -0.25) is 0 Å². The molecule has 0 spiro atoms. The summed E-state index contributed by atoms with van der Waals surface area (Å²) in [6, 6.07) is 76.1. The number of nitrogens with zero attached hydrogens (tertiary/aromatic N) is 6. The summed E-state index contributed by atoms with van der Waals surface area (Å²) in [6.07, 6.45) is 4.30. The first-order valence-corrected chi connectivity index (χ1v) is 23.3. The minimum absolute atomic E-state index is 0.481. The molecule has 0 bridgehead atoms. The molecule has 328 valence electrons. The molecule has 0 N–H and O–H groups in total. The maximum absolute atomic E-state index is 6.24. The SMILES string of the molecule is C(=C\c1ccc2cc(-c3nnc(-c4ccc(-n5c6ccccc6c6ccccc65)cc4)o3)ccc2c1)/c1ccc2cc(-c3nnc(-c4ccc(-n5c6ccccc6c6ccccc65)cc4)o3)ccc2c1. The van der Waals surface area contributed by atoms with Crippen LogP contribution in [0.2, 0.25) is 0 Å². The Labute approximate surface area is 400 Å². The van der Waals surface area contributed by atoms with Crippen LogP contribution >= 0.6 is 0 Å². The number of hydrogen-bond donors (Lipinski definition) is 0. The molecule has 0 aliphatic heterocycles. The standard InChI is InChI=1S/C62H38N6O2/c1-5-13-55-51(9-1)52-10-2-6-14-56(52)67(55)49-31-27-41(28-32-49)59-63-65-61(69-59)47-25-23-43-35-39(19-21-45(43)37-47)17-18-40-20-22-46-38-48(26-24-44(46)36-40)62-66-64-60(70-62)42-29-33-50(34-30-42)68-57-15-7-3-11-53(57)54-12-4-8-16-58(54)68/h1-38H/b18-17+. The maximum atomic E-state index is 6.24. The highest BCUT2D eigenvalue weighted by Gasteiger charge is 2.17. The zero-order valence-electron chi connectivity index (χ0n) is 37.4. The quantitative estimate of drug-likeness (QED) is 0.141. The van der Waals surface area contributed by atoms with Gasteiger partial charge in [-0.05, 0) is 142 Å². The topological polar surface area (TPSA) is 87.7 Å².